The molecule has 1 fully saturated rings. The molecular weight excluding hydrogens is 552 g/mol. The summed E-state index contributed by atoms with van der Waals surface area (Å²) in [6.45, 7) is 5.56. The number of thiocarbonyl (C=S) groups is 1. The van der Waals surface area contributed by atoms with Gasteiger partial charge in [-0.15, -0.1) is 0 Å². The van der Waals surface area contributed by atoms with Crippen LogP contribution in [0.4, 0.5) is 11.4 Å². The fourth-order valence-electron chi connectivity index (χ4n) is 4.72. The largest absolute Gasteiger partial charge is 0.494 e. The summed E-state index contributed by atoms with van der Waals surface area (Å²) >= 11 is 5.85. The molecule has 2 atom stereocenters. The van der Waals surface area contributed by atoms with Gasteiger partial charge < -0.3 is 29.4 Å². The van der Waals surface area contributed by atoms with Gasteiger partial charge >= 0.3 is 5.97 Å². The minimum absolute atomic E-state index is 0.122. The fraction of sp³-hybridized carbons (Fsp3) is 0.250. The molecule has 9 nitrogen and oxygen atoms in total. The number of hydrogen-bond donors (Lipinski definition) is 2. The Morgan fingerprint density at radius 1 is 1.02 bits per heavy atom. The lowest BCUT2D eigenvalue weighted by Crippen LogP contribution is -2.30. The van der Waals surface area contributed by atoms with Crippen LogP contribution in [0.3, 0.4) is 0 Å². The number of aromatic nitrogens is 1. The Balaban J connectivity index is 1.53. The summed E-state index contributed by atoms with van der Waals surface area (Å²) in [5.41, 5.74) is 2.81. The molecule has 2 aromatic carbocycles. The zero-order valence-corrected chi connectivity index (χ0v) is 24.8. The first-order chi connectivity index (χ1) is 20.1. The highest BCUT2D eigenvalue weighted by Crippen LogP contribution is 2.44. The molecule has 0 aliphatic carbocycles. The molecule has 0 radical (unpaired) electrons. The van der Waals surface area contributed by atoms with Crippen LogP contribution in [-0.4, -0.2) is 36.2 Å². The summed E-state index contributed by atoms with van der Waals surface area (Å²) in [5.74, 6) is 1.27. The normalized spacial score (nSPS) is 16.6. The number of nitrogens with zero attached hydrogens (tertiary/aromatic N) is 2. The van der Waals surface area contributed by atoms with E-state index in [9.17, 15) is 9.59 Å². The number of methoxy groups -OCH3 is 2. The zero-order chi connectivity index (χ0) is 30.0. The molecule has 3 heterocycles. The summed E-state index contributed by atoms with van der Waals surface area (Å²) in [6.07, 6.45) is 1.74. The molecule has 0 bridgehead atoms. The minimum atomic E-state index is -0.568. The third-order valence-corrected chi connectivity index (χ3v) is 7.31. The second-order valence-corrected chi connectivity index (χ2v) is 11.2. The van der Waals surface area contributed by atoms with Crippen LogP contribution in [0.5, 0.6) is 5.75 Å². The standard InChI is InChI=1S/C32H32N4O5S/c1-32(2,3)30(38)34-22-14-13-21(18-26(22)39-4)36-28(27(35-31(36)42)23-8-6-7-17-33-23)25-16-15-24(41-25)19-9-11-20(12-10-19)29(37)40-5/h6-18,27-28H,1-5H3,(H,34,38)(H,35,42). The maximum Gasteiger partial charge on any atom is 0.337 e. The maximum atomic E-state index is 12.7. The van der Waals surface area contributed by atoms with E-state index in [-0.39, 0.29) is 11.9 Å². The van der Waals surface area contributed by atoms with Gasteiger partial charge in [0.15, 0.2) is 5.11 Å². The summed E-state index contributed by atoms with van der Waals surface area (Å²) in [7, 11) is 2.91. The highest BCUT2D eigenvalue weighted by molar-refractivity contribution is 7.80. The molecule has 0 saturated carbocycles. The van der Waals surface area contributed by atoms with Crippen molar-refractivity contribution in [3.63, 3.8) is 0 Å². The number of benzene rings is 2. The Bertz CT molecular complexity index is 1610. The van der Waals surface area contributed by atoms with Crippen LogP contribution in [0.2, 0.25) is 0 Å². The number of amides is 1. The minimum Gasteiger partial charge on any atom is -0.494 e. The third-order valence-electron chi connectivity index (χ3n) is 7.00. The van der Waals surface area contributed by atoms with Crippen molar-refractivity contribution >= 4 is 40.6 Å². The maximum absolute atomic E-state index is 12.7. The Morgan fingerprint density at radius 3 is 2.43 bits per heavy atom. The smallest absolute Gasteiger partial charge is 0.337 e. The van der Waals surface area contributed by atoms with E-state index >= 15 is 0 Å². The topological polar surface area (TPSA) is 106 Å². The van der Waals surface area contributed by atoms with Crippen molar-refractivity contribution in [3.05, 3.63) is 96.0 Å². The predicted octanol–water partition coefficient (Wildman–Crippen LogP) is 6.30. The number of carbonyl (C=O) groups is 2. The second kappa shape index (κ2) is 11.7. The first kappa shape index (κ1) is 28.8. The van der Waals surface area contributed by atoms with Gasteiger partial charge in [0.2, 0.25) is 5.91 Å². The third kappa shape index (κ3) is 5.71. The van der Waals surface area contributed by atoms with Crippen LogP contribution < -0.4 is 20.3 Å². The number of anilines is 2. The molecule has 1 aliphatic rings. The van der Waals surface area contributed by atoms with E-state index in [1.807, 2.05) is 86.3 Å². The first-order valence-corrected chi connectivity index (χ1v) is 13.8. The summed E-state index contributed by atoms with van der Waals surface area (Å²) in [4.78, 5) is 31.1. The van der Waals surface area contributed by atoms with Crippen LogP contribution in [0, 0.1) is 5.41 Å². The van der Waals surface area contributed by atoms with Gasteiger partial charge in [-0.05, 0) is 60.7 Å². The van der Waals surface area contributed by atoms with Crippen molar-refractivity contribution in [1.29, 1.82) is 0 Å². The lowest BCUT2D eigenvalue weighted by Gasteiger charge is -2.27. The van der Waals surface area contributed by atoms with Crippen LogP contribution in [-0.2, 0) is 9.53 Å². The van der Waals surface area contributed by atoms with Crippen molar-refractivity contribution in [2.45, 2.75) is 32.9 Å². The lowest BCUT2D eigenvalue weighted by atomic mass is 9.95. The van der Waals surface area contributed by atoms with Crippen molar-refractivity contribution < 1.29 is 23.5 Å². The number of pyridine rings is 1. The summed E-state index contributed by atoms with van der Waals surface area (Å²) in [5, 5.41) is 6.87. The van der Waals surface area contributed by atoms with Gasteiger partial charge in [-0.2, -0.15) is 0 Å². The molecule has 10 heteroatoms. The number of furan rings is 1. The van der Waals surface area contributed by atoms with Gasteiger partial charge in [-0.1, -0.05) is 39.0 Å². The van der Waals surface area contributed by atoms with Crippen LogP contribution in [0.15, 0.2) is 83.4 Å². The number of esters is 1. The van der Waals surface area contributed by atoms with Crippen molar-refractivity contribution in [2.75, 3.05) is 24.4 Å². The van der Waals surface area contributed by atoms with Crippen LogP contribution in [0.25, 0.3) is 11.3 Å². The van der Waals surface area contributed by atoms with Gasteiger partial charge in [0.25, 0.3) is 0 Å². The molecule has 1 amide bonds. The average Bonchev–Trinajstić information content (AvgIpc) is 3.61. The van der Waals surface area contributed by atoms with Gasteiger partial charge in [-0.3, -0.25) is 9.78 Å². The quantitative estimate of drug-likeness (QED) is 0.191. The summed E-state index contributed by atoms with van der Waals surface area (Å²) < 4.78 is 16.9. The molecule has 42 heavy (non-hydrogen) atoms. The van der Waals surface area contributed by atoms with Crippen molar-refractivity contribution in [2.24, 2.45) is 5.41 Å². The fourth-order valence-corrected chi connectivity index (χ4v) is 5.07. The molecule has 4 aromatic rings. The van der Waals surface area contributed by atoms with Gasteiger partial charge in [0.1, 0.15) is 23.3 Å². The van der Waals surface area contributed by atoms with Crippen molar-refractivity contribution in [1.82, 2.24) is 10.3 Å². The van der Waals surface area contributed by atoms with Crippen LogP contribution in [0.1, 0.15) is 54.7 Å². The first-order valence-electron chi connectivity index (χ1n) is 13.4. The van der Waals surface area contributed by atoms with E-state index in [1.165, 1.54) is 7.11 Å². The molecule has 1 aliphatic heterocycles. The number of hydrogen-bond acceptors (Lipinski definition) is 7. The predicted molar refractivity (Wildman–Crippen MR) is 164 cm³/mol. The second-order valence-electron chi connectivity index (χ2n) is 10.9. The average molecular weight is 585 g/mol. The Hall–Kier alpha value is -4.70. The highest BCUT2D eigenvalue weighted by Gasteiger charge is 2.43. The van der Waals surface area contributed by atoms with E-state index in [1.54, 1.807) is 25.4 Å². The van der Waals surface area contributed by atoms with Gasteiger partial charge in [0.05, 0.1) is 37.2 Å². The molecule has 2 aromatic heterocycles. The monoisotopic (exact) mass is 584 g/mol. The Kier molecular flexibility index (Phi) is 8.00. The SMILES string of the molecule is COC(=O)c1ccc(-c2ccc(C3C(c4ccccn4)NC(=S)N3c3ccc(NC(=O)C(C)(C)C)c(OC)c3)o2)cc1. The molecule has 216 valence electrons. The molecule has 0 spiro atoms. The van der Waals surface area contributed by atoms with Gasteiger partial charge in [0, 0.05) is 28.9 Å². The lowest BCUT2D eigenvalue weighted by molar-refractivity contribution is -0.123. The molecule has 1 saturated heterocycles. The number of rotatable bonds is 7. The van der Waals surface area contributed by atoms with E-state index in [4.69, 9.17) is 26.1 Å². The van der Waals surface area contributed by atoms with E-state index in [0.29, 0.717) is 33.6 Å². The number of carbonyl (C=O) groups excluding carboxylic acids is 2. The number of ether oxygens (including phenoxy) is 2. The molecule has 2 unspecified atom stereocenters. The summed E-state index contributed by atoms with van der Waals surface area (Å²) in [6, 6.07) is 21.4. The molecule has 5 rings (SSSR count). The highest BCUT2D eigenvalue weighted by atomic mass is 32.1. The Morgan fingerprint density at radius 2 is 1.79 bits per heavy atom. The van der Waals surface area contributed by atoms with Crippen molar-refractivity contribution in [3.8, 4) is 17.1 Å². The van der Waals surface area contributed by atoms with Crippen LogP contribution >= 0.6 is 12.2 Å². The molecule has 2 N–H and O–H groups in total. The van der Waals surface area contributed by atoms with E-state index < -0.39 is 17.4 Å². The van der Waals surface area contributed by atoms with E-state index in [2.05, 4.69) is 15.6 Å². The van der Waals surface area contributed by atoms with E-state index in [0.717, 1.165) is 16.9 Å². The Labute approximate surface area is 249 Å². The molecular formula is C32H32N4O5S. The number of nitrogens with one attached hydrogen (secondary N) is 2. The zero-order valence-electron chi connectivity index (χ0n) is 24.0. The van der Waals surface area contributed by atoms with Gasteiger partial charge in [-0.25, -0.2) is 4.79 Å².